The number of aryl methyl sites for hydroxylation is 1. The summed E-state index contributed by atoms with van der Waals surface area (Å²) in [7, 11) is 0. The highest BCUT2D eigenvalue weighted by Gasteiger charge is 2.22. The first-order chi connectivity index (χ1) is 11.9. The van der Waals surface area contributed by atoms with Crippen LogP contribution < -0.4 is 0 Å². The summed E-state index contributed by atoms with van der Waals surface area (Å²) in [5, 5.41) is 0. The predicted octanol–water partition coefficient (Wildman–Crippen LogP) is 5.94. The average Bonchev–Trinajstić information content (AvgIpc) is 2.67. The van der Waals surface area contributed by atoms with E-state index in [9.17, 15) is 0 Å². The fourth-order valence-electron chi connectivity index (χ4n) is 4.34. The minimum absolute atomic E-state index is 1.15. The van der Waals surface area contributed by atoms with Crippen molar-refractivity contribution in [2.75, 3.05) is 0 Å². The van der Waals surface area contributed by atoms with E-state index >= 15 is 0 Å². The number of rotatable bonds is 1. The van der Waals surface area contributed by atoms with E-state index in [0.29, 0.717) is 0 Å². The lowest BCUT2D eigenvalue weighted by atomic mass is 9.78. The van der Waals surface area contributed by atoms with Gasteiger partial charge in [-0.15, -0.1) is 0 Å². The fraction of sp³-hybridized carbons (Fsp3) is 0.167. The molecular weight excluding hydrogens is 288 g/mol. The summed E-state index contributed by atoms with van der Waals surface area (Å²) in [5.41, 5.74) is 11.9. The van der Waals surface area contributed by atoms with E-state index in [4.69, 9.17) is 0 Å². The molecule has 2 aliphatic rings. The van der Waals surface area contributed by atoms with Gasteiger partial charge in [-0.25, -0.2) is 0 Å². The van der Waals surface area contributed by atoms with Crippen LogP contribution in [0.3, 0.4) is 0 Å². The molecule has 3 aromatic rings. The van der Waals surface area contributed by atoms with Gasteiger partial charge in [0.1, 0.15) is 0 Å². The van der Waals surface area contributed by atoms with Gasteiger partial charge in [0.15, 0.2) is 0 Å². The second-order valence-corrected chi connectivity index (χ2v) is 6.85. The van der Waals surface area contributed by atoms with Gasteiger partial charge in [0.25, 0.3) is 0 Å². The highest BCUT2D eigenvalue weighted by molar-refractivity contribution is 5.87. The zero-order chi connectivity index (χ0) is 15.9. The van der Waals surface area contributed by atoms with Crippen molar-refractivity contribution in [1.82, 2.24) is 0 Å². The molecule has 0 nitrogen and oxygen atoms in total. The summed E-state index contributed by atoms with van der Waals surface area (Å²) in [6, 6.07) is 24.4. The quantitative estimate of drug-likeness (QED) is 0.522. The molecule has 24 heavy (non-hydrogen) atoms. The van der Waals surface area contributed by atoms with E-state index in [1.165, 1.54) is 52.7 Å². The van der Waals surface area contributed by atoms with Crippen LogP contribution in [0.15, 0.2) is 66.7 Å². The molecule has 0 saturated heterocycles. The van der Waals surface area contributed by atoms with Crippen molar-refractivity contribution >= 4 is 11.6 Å². The first kappa shape index (κ1) is 13.8. The van der Waals surface area contributed by atoms with Crippen molar-refractivity contribution < 1.29 is 0 Å². The Kier molecular flexibility index (Phi) is 3.16. The highest BCUT2D eigenvalue weighted by atomic mass is 14.3. The Bertz CT molecular complexity index is 945. The molecule has 0 fully saturated rings. The van der Waals surface area contributed by atoms with Gasteiger partial charge in [-0.1, -0.05) is 72.8 Å². The maximum absolute atomic E-state index is 2.41. The van der Waals surface area contributed by atoms with Crippen LogP contribution in [0, 0.1) is 0 Å². The van der Waals surface area contributed by atoms with Gasteiger partial charge in [0.2, 0.25) is 0 Å². The second kappa shape index (κ2) is 5.49. The van der Waals surface area contributed by atoms with E-state index in [1.54, 1.807) is 11.1 Å². The molecule has 0 heterocycles. The number of hydrogen-bond acceptors (Lipinski definition) is 0. The summed E-state index contributed by atoms with van der Waals surface area (Å²) in [6.45, 7) is 0. The summed E-state index contributed by atoms with van der Waals surface area (Å²) < 4.78 is 0. The van der Waals surface area contributed by atoms with Gasteiger partial charge < -0.3 is 0 Å². The van der Waals surface area contributed by atoms with Crippen molar-refractivity contribution in [3.05, 3.63) is 94.5 Å². The van der Waals surface area contributed by atoms with Crippen molar-refractivity contribution in [3.8, 4) is 11.1 Å². The SMILES string of the molecule is C1=C(c2ccccc2)CCc2c1ccc1c2CCc2ccccc2-1. The average molecular weight is 308 g/mol. The Labute approximate surface area is 143 Å². The first-order valence-electron chi connectivity index (χ1n) is 8.89. The Morgan fingerprint density at radius 3 is 2.25 bits per heavy atom. The number of allylic oxidation sites excluding steroid dienone is 1. The topological polar surface area (TPSA) is 0 Å². The lowest BCUT2D eigenvalue weighted by molar-refractivity contribution is 0.892. The third-order valence-electron chi connectivity index (χ3n) is 5.54. The van der Waals surface area contributed by atoms with Gasteiger partial charge >= 0.3 is 0 Å². The minimum atomic E-state index is 1.15. The van der Waals surface area contributed by atoms with Crippen molar-refractivity contribution in [1.29, 1.82) is 0 Å². The summed E-state index contributed by atoms with van der Waals surface area (Å²) in [5.74, 6) is 0. The molecule has 2 aliphatic carbocycles. The van der Waals surface area contributed by atoms with Gasteiger partial charge in [0.05, 0.1) is 0 Å². The standard InChI is InChI=1S/C24H20/c1-2-6-17(7-3-1)19-11-13-22-20(16-19)12-15-23-21-9-5-4-8-18(21)10-14-24(22)23/h1-9,12,15-16H,10-11,13-14H2. The molecule has 0 bridgehead atoms. The van der Waals surface area contributed by atoms with E-state index in [0.717, 1.165) is 6.42 Å². The third kappa shape index (κ3) is 2.14. The molecule has 0 atom stereocenters. The zero-order valence-electron chi connectivity index (χ0n) is 13.8. The summed E-state index contributed by atoms with van der Waals surface area (Å²) in [4.78, 5) is 0. The first-order valence-corrected chi connectivity index (χ1v) is 8.89. The van der Waals surface area contributed by atoms with Crippen LogP contribution in [0.5, 0.6) is 0 Å². The molecule has 0 unspecified atom stereocenters. The summed E-state index contributed by atoms with van der Waals surface area (Å²) >= 11 is 0. The molecule has 0 saturated carbocycles. The Morgan fingerprint density at radius 1 is 0.542 bits per heavy atom. The van der Waals surface area contributed by atoms with Crippen LogP contribution in [-0.2, 0) is 19.3 Å². The second-order valence-electron chi connectivity index (χ2n) is 6.85. The molecule has 5 rings (SSSR count). The van der Waals surface area contributed by atoms with Crippen LogP contribution in [0.2, 0.25) is 0 Å². The smallest absolute Gasteiger partial charge is 0.0146 e. The van der Waals surface area contributed by atoms with Gasteiger partial charge in [-0.05, 0) is 70.2 Å². The predicted molar refractivity (Wildman–Crippen MR) is 102 cm³/mol. The molecule has 0 N–H and O–H groups in total. The molecule has 0 heteroatoms. The normalized spacial score (nSPS) is 15.1. The zero-order valence-corrected chi connectivity index (χ0v) is 13.8. The van der Waals surface area contributed by atoms with E-state index in [2.05, 4.69) is 72.8 Å². The van der Waals surface area contributed by atoms with Crippen LogP contribution in [-0.4, -0.2) is 0 Å². The minimum Gasteiger partial charge on any atom is -0.0622 e. The van der Waals surface area contributed by atoms with Crippen molar-refractivity contribution in [2.24, 2.45) is 0 Å². The summed E-state index contributed by atoms with van der Waals surface area (Å²) in [6.07, 6.45) is 7.09. The maximum atomic E-state index is 2.41. The Morgan fingerprint density at radius 2 is 1.33 bits per heavy atom. The fourth-order valence-corrected chi connectivity index (χ4v) is 4.34. The van der Waals surface area contributed by atoms with Crippen LogP contribution >= 0.6 is 0 Å². The van der Waals surface area contributed by atoms with E-state index < -0.39 is 0 Å². The number of fused-ring (bicyclic) bond motifs is 5. The van der Waals surface area contributed by atoms with Crippen molar-refractivity contribution in [3.63, 3.8) is 0 Å². The lowest BCUT2D eigenvalue weighted by Crippen LogP contribution is -2.10. The number of benzene rings is 3. The van der Waals surface area contributed by atoms with E-state index in [-0.39, 0.29) is 0 Å². The molecular formula is C24H20. The monoisotopic (exact) mass is 308 g/mol. The van der Waals surface area contributed by atoms with Crippen LogP contribution in [0.4, 0.5) is 0 Å². The number of hydrogen-bond donors (Lipinski definition) is 0. The van der Waals surface area contributed by atoms with Gasteiger partial charge in [-0.2, -0.15) is 0 Å². The van der Waals surface area contributed by atoms with Crippen LogP contribution in [0.25, 0.3) is 22.8 Å². The largest absolute Gasteiger partial charge is 0.0622 e. The highest BCUT2D eigenvalue weighted by Crippen LogP contribution is 2.40. The Hall–Kier alpha value is -2.60. The molecule has 0 radical (unpaired) electrons. The molecule has 0 aromatic heterocycles. The third-order valence-corrected chi connectivity index (χ3v) is 5.54. The van der Waals surface area contributed by atoms with Gasteiger partial charge in [0, 0.05) is 0 Å². The Balaban J connectivity index is 1.63. The molecule has 0 amide bonds. The van der Waals surface area contributed by atoms with E-state index in [1.807, 2.05) is 0 Å². The molecule has 116 valence electrons. The lowest BCUT2D eigenvalue weighted by Gasteiger charge is -2.26. The maximum Gasteiger partial charge on any atom is -0.0146 e. The molecule has 3 aromatic carbocycles. The van der Waals surface area contributed by atoms with Gasteiger partial charge in [-0.3, -0.25) is 0 Å². The van der Waals surface area contributed by atoms with Crippen molar-refractivity contribution in [2.45, 2.75) is 25.7 Å². The molecule has 0 spiro atoms. The van der Waals surface area contributed by atoms with Crippen LogP contribution in [0.1, 0.15) is 34.2 Å². The molecule has 0 aliphatic heterocycles.